The van der Waals surface area contributed by atoms with Crippen molar-refractivity contribution in [1.82, 2.24) is 5.32 Å². The minimum atomic E-state index is -1.38. The number of carboxylic acid groups (broad SMARTS) is 1. The van der Waals surface area contributed by atoms with Gasteiger partial charge in [0.05, 0.1) is 6.42 Å². The van der Waals surface area contributed by atoms with Gasteiger partial charge in [0.15, 0.2) is 0 Å². The lowest BCUT2D eigenvalue weighted by molar-refractivity contribution is -0.153. The zero-order valence-corrected chi connectivity index (χ0v) is 13.9. The van der Waals surface area contributed by atoms with Crippen molar-refractivity contribution in [2.45, 2.75) is 39.4 Å². The van der Waals surface area contributed by atoms with Gasteiger partial charge in [-0.05, 0) is 32.4 Å². The van der Waals surface area contributed by atoms with Crippen LogP contribution in [0.15, 0.2) is 42.1 Å². The highest BCUT2D eigenvalue weighted by Gasteiger charge is 2.17. The van der Waals surface area contributed by atoms with Crippen LogP contribution >= 0.6 is 0 Å². The third kappa shape index (κ3) is 7.98. The van der Waals surface area contributed by atoms with Crippen molar-refractivity contribution in [2.75, 3.05) is 0 Å². The van der Waals surface area contributed by atoms with E-state index in [0.717, 1.165) is 11.6 Å². The number of aliphatic carboxylic acids is 1. The number of amides is 1. The van der Waals surface area contributed by atoms with Crippen molar-refractivity contribution in [1.29, 1.82) is 0 Å². The summed E-state index contributed by atoms with van der Waals surface area (Å²) in [6.07, 6.45) is -0.130. The Morgan fingerprint density at radius 3 is 2.33 bits per heavy atom. The molecule has 0 fully saturated rings. The first-order valence-electron chi connectivity index (χ1n) is 7.30. The molecule has 130 valence electrons. The minimum Gasteiger partial charge on any atom is -0.477 e. The summed E-state index contributed by atoms with van der Waals surface area (Å²) in [7, 11) is 0. The Kier molecular flexibility index (Phi) is 6.98. The predicted molar refractivity (Wildman–Crippen MR) is 85.9 cm³/mol. The molecule has 0 saturated heterocycles. The summed E-state index contributed by atoms with van der Waals surface area (Å²) in [5.41, 5.74) is -0.350. The zero-order chi connectivity index (χ0) is 18.2. The molecule has 0 aromatic heterocycles. The van der Waals surface area contributed by atoms with Crippen molar-refractivity contribution < 1.29 is 29.0 Å². The molecule has 1 rings (SSSR count). The van der Waals surface area contributed by atoms with E-state index in [-0.39, 0.29) is 13.0 Å². The molecule has 0 unspecified atom stereocenters. The first-order valence-corrected chi connectivity index (χ1v) is 7.30. The van der Waals surface area contributed by atoms with Gasteiger partial charge in [-0.15, -0.1) is 0 Å². The summed E-state index contributed by atoms with van der Waals surface area (Å²) in [4.78, 5) is 34.3. The quantitative estimate of drug-likeness (QED) is 0.612. The fourth-order valence-electron chi connectivity index (χ4n) is 1.63. The molecule has 1 aromatic rings. The average molecular weight is 335 g/mol. The summed E-state index contributed by atoms with van der Waals surface area (Å²) in [5, 5.41) is 11.2. The van der Waals surface area contributed by atoms with Gasteiger partial charge >= 0.3 is 18.0 Å². The first-order chi connectivity index (χ1) is 11.2. The Balaban J connectivity index is 2.55. The summed E-state index contributed by atoms with van der Waals surface area (Å²) in [5.74, 6) is -1.98. The van der Waals surface area contributed by atoms with Crippen LogP contribution in [0, 0.1) is 0 Å². The van der Waals surface area contributed by atoms with Crippen molar-refractivity contribution in [2.24, 2.45) is 0 Å². The minimum absolute atomic E-state index is 0.00559. The summed E-state index contributed by atoms with van der Waals surface area (Å²) in [6, 6.07) is 8.94. The van der Waals surface area contributed by atoms with Gasteiger partial charge in [0.25, 0.3) is 0 Å². The van der Waals surface area contributed by atoms with Gasteiger partial charge in [-0.1, -0.05) is 30.3 Å². The number of carbonyl (C=O) groups excluding carboxylic acids is 2. The molecule has 0 heterocycles. The van der Waals surface area contributed by atoms with E-state index in [2.05, 4.69) is 5.32 Å². The van der Waals surface area contributed by atoms with Crippen LogP contribution in [0.2, 0.25) is 0 Å². The summed E-state index contributed by atoms with van der Waals surface area (Å²) >= 11 is 0. The largest absolute Gasteiger partial charge is 0.477 e. The molecule has 0 aliphatic rings. The lowest BCUT2D eigenvalue weighted by atomic mass is 10.2. The number of nitrogens with one attached hydrogen (secondary N) is 1. The van der Waals surface area contributed by atoms with E-state index >= 15 is 0 Å². The number of ether oxygens (including phenoxy) is 2. The Bertz CT molecular complexity index is 616. The summed E-state index contributed by atoms with van der Waals surface area (Å²) < 4.78 is 9.98. The Hall–Kier alpha value is -2.83. The van der Waals surface area contributed by atoms with Crippen LogP contribution in [0.25, 0.3) is 0 Å². The third-order valence-electron chi connectivity index (χ3n) is 2.57. The maximum atomic E-state index is 11.7. The number of rotatable bonds is 6. The fraction of sp³-hybridized carbons (Fsp3) is 0.353. The molecule has 0 atom stereocenters. The van der Waals surface area contributed by atoms with Crippen molar-refractivity contribution in [3.05, 3.63) is 47.7 Å². The standard InChI is InChI=1S/C17H21NO6/c1-17(2,3)24-14(19)10-9-13(15(20)21)18-16(22)23-11-12-7-5-4-6-8-12/h4-9H,10-11H2,1-3H3,(H,18,22)(H,20,21)/b13-9+. The zero-order valence-electron chi connectivity index (χ0n) is 13.9. The monoisotopic (exact) mass is 335 g/mol. The van der Waals surface area contributed by atoms with Crippen LogP contribution in [0.1, 0.15) is 32.8 Å². The molecule has 0 spiro atoms. The average Bonchev–Trinajstić information content (AvgIpc) is 2.48. The van der Waals surface area contributed by atoms with Gasteiger partial charge in [0.2, 0.25) is 0 Å². The molecular weight excluding hydrogens is 314 g/mol. The molecule has 0 bridgehead atoms. The number of carboxylic acids is 1. The lowest BCUT2D eigenvalue weighted by Crippen LogP contribution is -2.28. The molecule has 0 radical (unpaired) electrons. The molecule has 0 aliphatic heterocycles. The van der Waals surface area contributed by atoms with Crippen LogP contribution in [-0.4, -0.2) is 28.7 Å². The number of hydrogen-bond acceptors (Lipinski definition) is 5. The lowest BCUT2D eigenvalue weighted by Gasteiger charge is -2.18. The number of carbonyl (C=O) groups is 3. The molecule has 0 saturated carbocycles. The Labute approximate surface area is 140 Å². The Morgan fingerprint density at radius 2 is 1.79 bits per heavy atom. The molecule has 0 aliphatic carbocycles. The van der Waals surface area contributed by atoms with Gasteiger partial charge in [-0.3, -0.25) is 10.1 Å². The SMILES string of the molecule is CC(C)(C)OC(=O)C/C=C(/NC(=O)OCc1ccccc1)C(=O)O. The summed E-state index contributed by atoms with van der Waals surface area (Å²) in [6.45, 7) is 5.11. The first kappa shape index (κ1) is 19.2. The highest BCUT2D eigenvalue weighted by molar-refractivity contribution is 5.91. The number of alkyl carbamates (subject to hydrolysis) is 1. The van der Waals surface area contributed by atoms with E-state index in [1.54, 1.807) is 45.0 Å². The molecule has 7 heteroatoms. The van der Waals surface area contributed by atoms with Gasteiger partial charge in [0, 0.05) is 0 Å². The molecule has 2 N–H and O–H groups in total. The second-order valence-electron chi connectivity index (χ2n) is 5.90. The number of esters is 1. The smallest absolute Gasteiger partial charge is 0.412 e. The predicted octanol–water partition coefficient (Wildman–Crippen LogP) is 2.61. The molecule has 24 heavy (non-hydrogen) atoms. The van der Waals surface area contributed by atoms with E-state index in [1.165, 1.54) is 0 Å². The van der Waals surface area contributed by atoms with Gasteiger partial charge in [-0.2, -0.15) is 0 Å². The van der Waals surface area contributed by atoms with Gasteiger partial charge < -0.3 is 14.6 Å². The highest BCUT2D eigenvalue weighted by Crippen LogP contribution is 2.09. The van der Waals surface area contributed by atoms with Crippen LogP contribution in [0.4, 0.5) is 4.79 Å². The second kappa shape index (κ2) is 8.71. The van der Waals surface area contributed by atoms with Crippen molar-refractivity contribution >= 4 is 18.0 Å². The Morgan fingerprint density at radius 1 is 1.17 bits per heavy atom. The highest BCUT2D eigenvalue weighted by atomic mass is 16.6. The van der Waals surface area contributed by atoms with Crippen molar-refractivity contribution in [3.8, 4) is 0 Å². The molecule has 1 aromatic carbocycles. The van der Waals surface area contributed by atoms with Crippen LogP contribution in [0.5, 0.6) is 0 Å². The van der Waals surface area contributed by atoms with E-state index < -0.39 is 29.3 Å². The topological polar surface area (TPSA) is 102 Å². The molecule has 1 amide bonds. The van der Waals surface area contributed by atoms with Crippen LogP contribution in [-0.2, 0) is 25.7 Å². The van der Waals surface area contributed by atoms with Crippen LogP contribution in [0.3, 0.4) is 0 Å². The molecular formula is C17H21NO6. The number of hydrogen-bond donors (Lipinski definition) is 2. The van der Waals surface area contributed by atoms with E-state index in [1.807, 2.05) is 6.07 Å². The van der Waals surface area contributed by atoms with E-state index in [0.29, 0.717) is 0 Å². The van der Waals surface area contributed by atoms with Crippen LogP contribution < -0.4 is 5.32 Å². The van der Waals surface area contributed by atoms with E-state index in [4.69, 9.17) is 14.6 Å². The van der Waals surface area contributed by atoms with Crippen molar-refractivity contribution in [3.63, 3.8) is 0 Å². The third-order valence-corrected chi connectivity index (χ3v) is 2.57. The second-order valence-corrected chi connectivity index (χ2v) is 5.90. The van der Waals surface area contributed by atoms with Gasteiger partial charge in [-0.25, -0.2) is 9.59 Å². The fourth-order valence-corrected chi connectivity index (χ4v) is 1.63. The maximum Gasteiger partial charge on any atom is 0.412 e. The van der Waals surface area contributed by atoms with E-state index in [9.17, 15) is 14.4 Å². The number of benzene rings is 1. The normalized spacial score (nSPS) is 11.5. The maximum absolute atomic E-state index is 11.7. The molecule has 7 nitrogen and oxygen atoms in total. The van der Waals surface area contributed by atoms with Gasteiger partial charge in [0.1, 0.15) is 17.9 Å².